The fourth-order valence-electron chi connectivity index (χ4n) is 1.64. The molecule has 19 heavy (non-hydrogen) atoms. The second-order valence-corrected chi connectivity index (χ2v) is 4.05. The van der Waals surface area contributed by atoms with Crippen molar-refractivity contribution in [2.24, 2.45) is 0 Å². The zero-order valence-electron chi connectivity index (χ0n) is 10.8. The number of carbonyl (C=O) groups excluding carboxylic acids is 1. The third-order valence-corrected chi connectivity index (χ3v) is 2.70. The number of hydrogen-bond donors (Lipinski definition) is 2. The highest BCUT2D eigenvalue weighted by Crippen LogP contribution is 2.01. The Hall–Kier alpha value is -2.43. The van der Waals surface area contributed by atoms with Crippen molar-refractivity contribution in [1.82, 2.24) is 15.5 Å². The van der Waals surface area contributed by atoms with Crippen molar-refractivity contribution >= 4 is 11.7 Å². The summed E-state index contributed by atoms with van der Waals surface area (Å²) in [6, 6.07) is 13.4. The van der Waals surface area contributed by atoms with Gasteiger partial charge in [-0.15, -0.1) is 10.2 Å². The van der Waals surface area contributed by atoms with Crippen LogP contribution in [0.5, 0.6) is 0 Å². The molecule has 0 bridgehead atoms. The second-order valence-electron chi connectivity index (χ2n) is 4.05. The molecule has 2 N–H and O–H groups in total. The molecule has 0 aliphatic rings. The summed E-state index contributed by atoms with van der Waals surface area (Å²) >= 11 is 0. The summed E-state index contributed by atoms with van der Waals surface area (Å²) in [5, 5.41) is 13.4. The summed E-state index contributed by atoms with van der Waals surface area (Å²) in [4.78, 5) is 11.8. The number of nitrogens with one attached hydrogen (secondary N) is 2. The molecule has 1 aromatic carbocycles. The number of hydrogen-bond acceptors (Lipinski definition) is 4. The predicted molar refractivity (Wildman–Crippen MR) is 74.1 cm³/mol. The highest BCUT2D eigenvalue weighted by atomic mass is 16.1. The van der Waals surface area contributed by atoms with Gasteiger partial charge in [0.05, 0.1) is 0 Å². The zero-order chi connectivity index (χ0) is 13.5. The molecule has 1 amide bonds. The standard InChI is InChI=1S/C14H16N4O/c1-15-13-8-7-12(17-18-13)14(19)16-10-9-11-5-3-2-4-6-11/h2-8H,9-10H2,1H3,(H,15,18)(H,16,19). The lowest BCUT2D eigenvalue weighted by Gasteiger charge is -2.05. The quantitative estimate of drug-likeness (QED) is 0.850. The van der Waals surface area contributed by atoms with Crippen molar-refractivity contribution in [2.75, 3.05) is 18.9 Å². The first kappa shape index (κ1) is 13.0. The number of nitrogens with zero attached hydrogens (tertiary/aromatic N) is 2. The van der Waals surface area contributed by atoms with E-state index in [0.717, 1.165) is 6.42 Å². The van der Waals surface area contributed by atoms with Crippen molar-refractivity contribution in [3.63, 3.8) is 0 Å². The zero-order valence-corrected chi connectivity index (χ0v) is 10.8. The van der Waals surface area contributed by atoms with Gasteiger partial charge in [-0.3, -0.25) is 4.79 Å². The summed E-state index contributed by atoms with van der Waals surface area (Å²) in [6.45, 7) is 0.582. The molecule has 0 atom stereocenters. The molecular weight excluding hydrogens is 240 g/mol. The van der Waals surface area contributed by atoms with Gasteiger partial charge in [0.2, 0.25) is 0 Å². The minimum atomic E-state index is -0.203. The number of rotatable bonds is 5. The average Bonchev–Trinajstić information content (AvgIpc) is 2.48. The molecule has 98 valence electrons. The van der Waals surface area contributed by atoms with Gasteiger partial charge >= 0.3 is 0 Å². The van der Waals surface area contributed by atoms with Gasteiger partial charge in [0.15, 0.2) is 5.69 Å². The van der Waals surface area contributed by atoms with E-state index in [1.165, 1.54) is 5.56 Å². The number of aromatic nitrogens is 2. The van der Waals surface area contributed by atoms with Crippen molar-refractivity contribution < 1.29 is 4.79 Å². The second kappa shape index (κ2) is 6.49. The van der Waals surface area contributed by atoms with Gasteiger partial charge < -0.3 is 10.6 Å². The van der Waals surface area contributed by atoms with Gasteiger partial charge in [0.1, 0.15) is 5.82 Å². The van der Waals surface area contributed by atoms with Crippen molar-refractivity contribution in [3.8, 4) is 0 Å². The van der Waals surface area contributed by atoms with Gasteiger partial charge in [-0.05, 0) is 24.1 Å². The Balaban J connectivity index is 1.84. The maximum Gasteiger partial charge on any atom is 0.271 e. The lowest BCUT2D eigenvalue weighted by Crippen LogP contribution is -2.26. The average molecular weight is 256 g/mol. The van der Waals surface area contributed by atoms with E-state index in [1.54, 1.807) is 19.2 Å². The van der Waals surface area contributed by atoms with Gasteiger partial charge in [-0.25, -0.2) is 0 Å². The van der Waals surface area contributed by atoms with E-state index in [1.807, 2.05) is 30.3 Å². The first-order valence-electron chi connectivity index (χ1n) is 6.13. The Morgan fingerprint density at radius 1 is 1.11 bits per heavy atom. The molecule has 1 heterocycles. The molecule has 0 saturated carbocycles. The van der Waals surface area contributed by atoms with Crippen LogP contribution in [-0.4, -0.2) is 29.7 Å². The van der Waals surface area contributed by atoms with Crippen molar-refractivity contribution in [2.45, 2.75) is 6.42 Å². The molecule has 0 aliphatic carbocycles. The van der Waals surface area contributed by atoms with E-state index in [2.05, 4.69) is 20.8 Å². The molecule has 5 nitrogen and oxygen atoms in total. The van der Waals surface area contributed by atoms with Crippen LogP contribution in [0.15, 0.2) is 42.5 Å². The molecule has 1 aromatic heterocycles. The number of amides is 1. The number of anilines is 1. The van der Waals surface area contributed by atoms with Crippen LogP contribution < -0.4 is 10.6 Å². The molecule has 0 aliphatic heterocycles. The smallest absolute Gasteiger partial charge is 0.271 e. The summed E-state index contributed by atoms with van der Waals surface area (Å²) < 4.78 is 0. The lowest BCUT2D eigenvalue weighted by atomic mass is 10.1. The summed E-state index contributed by atoms with van der Waals surface area (Å²) in [6.07, 6.45) is 0.800. The molecule has 0 spiro atoms. The normalized spacial score (nSPS) is 9.95. The first-order valence-corrected chi connectivity index (χ1v) is 6.13. The van der Waals surface area contributed by atoms with Gasteiger partial charge in [0, 0.05) is 13.6 Å². The van der Waals surface area contributed by atoms with Crippen LogP contribution in [0.1, 0.15) is 16.1 Å². The van der Waals surface area contributed by atoms with Crippen molar-refractivity contribution in [1.29, 1.82) is 0 Å². The first-order chi connectivity index (χ1) is 9.29. The van der Waals surface area contributed by atoms with E-state index in [4.69, 9.17) is 0 Å². The minimum absolute atomic E-state index is 0.203. The molecule has 2 aromatic rings. The highest BCUT2D eigenvalue weighted by Gasteiger charge is 2.06. The van der Waals surface area contributed by atoms with E-state index < -0.39 is 0 Å². The van der Waals surface area contributed by atoms with Crippen LogP contribution in [-0.2, 0) is 6.42 Å². The van der Waals surface area contributed by atoms with Crippen molar-refractivity contribution in [3.05, 3.63) is 53.7 Å². The maximum atomic E-state index is 11.8. The van der Waals surface area contributed by atoms with Gasteiger partial charge in [0.25, 0.3) is 5.91 Å². The Morgan fingerprint density at radius 2 is 1.89 bits per heavy atom. The Bertz CT molecular complexity index is 525. The van der Waals surface area contributed by atoms with E-state index >= 15 is 0 Å². The lowest BCUT2D eigenvalue weighted by molar-refractivity contribution is 0.0948. The summed E-state index contributed by atoms with van der Waals surface area (Å²) in [5.41, 5.74) is 1.52. The van der Waals surface area contributed by atoms with E-state index in [9.17, 15) is 4.79 Å². The Kier molecular flexibility index (Phi) is 4.44. The molecule has 2 rings (SSSR count). The van der Waals surface area contributed by atoms with Crippen LogP contribution in [0.4, 0.5) is 5.82 Å². The predicted octanol–water partition coefficient (Wildman–Crippen LogP) is 1.49. The van der Waals surface area contributed by atoms with Gasteiger partial charge in [-0.2, -0.15) is 0 Å². The molecule has 0 saturated heterocycles. The topological polar surface area (TPSA) is 66.9 Å². The van der Waals surface area contributed by atoms with Crippen LogP contribution in [0.25, 0.3) is 0 Å². The van der Waals surface area contributed by atoms with Crippen LogP contribution in [0, 0.1) is 0 Å². The Labute approximate surface area is 112 Å². The largest absolute Gasteiger partial charge is 0.372 e. The minimum Gasteiger partial charge on any atom is -0.372 e. The fraction of sp³-hybridized carbons (Fsp3) is 0.214. The maximum absolute atomic E-state index is 11.8. The third-order valence-electron chi connectivity index (χ3n) is 2.70. The molecule has 0 fully saturated rings. The monoisotopic (exact) mass is 256 g/mol. The molecular formula is C14H16N4O. The molecule has 0 radical (unpaired) electrons. The summed E-state index contributed by atoms with van der Waals surface area (Å²) in [5.74, 6) is 0.437. The van der Waals surface area contributed by atoms with E-state index in [0.29, 0.717) is 18.1 Å². The SMILES string of the molecule is CNc1ccc(C(=O)NCCc2ccccc2)nn1. The number of benzene rings is 1. The molecule has 0 unspecified atom stereocenters. The number of carbonyl (C=O) groups is 1. The van der Waals surface area contributed by atoms with Crippen LogP contribution in [0.3, 0.4) is 0 Å². The highest BCUT2D eigenvalue weighted by molar-refractivity contribution is 5.92. The van der Waals surface area contributed by atoms with Crippen LogP contribution in [0.2, 0.25) is 0 Å². The third kappa shape index (κ3) is 3.77. The van der Waals surface area contributed by atoms with Gasteiger partial charge in [-0.1, -0.05) is 30.3 Å². The van der Waals surface area contributed by atoms with E-state index in [-0.39, 0.29) is 5.91 Å². The summed E-state index contributed by atoms with van der Waals surface area (Å²) in [7, 11) is 1.75. The Morgan fingerprint density at radius 3 is 2.53 bits per heavy atom. The van der Waals surface area contributed by atoms with Crippen LogP contribution >= 0.6 is 0 Å². The molecule has 5 heteroatoms. The fourth-order valence-corrected chi connectivity index (χ4v) is 1.64.